The van der Waals surface area contributed by atoms with Crippen molar-refractivity contribution in [3.8, 4) is 11.5 Å². The van der Waals surface area contributed by atoms with Crippen LogP contribution in [0.4, 0.5) is 35.1 Å². The van der Waals surface area contributed by atoms with Gasteiger partial charge < -0.3 is 9.47 Å². The highest BCUT2D eigenvalue weighted by Gasteiger charge is 2.73. The number of hydrogen-bond acceptors (Lipinski definition) is 4. The minimum Gasteiger partial charge on any atom is -0.493 e. The molecule has 13 heteroatoms. The lowest BCUT2D eigenvalue weighted by Gasteiger charge is -2.27. The fraction of sp³-hybridized carbons (Fsp3) is 0.278. The number of methoxy groups -OCH3 is 1. The van der Waals surface area contributed by atoms with Crippen LogP contribution < -0.4 is 14.9 Å². The molecular weight excluding hydrogens is 555 g/mol. The van der Waals surface area contributed by atoms with Gasteiger partial charge in [0.05, 0.1) is 13.3 Å². The van der Waals surface area contributed by atoms with E-state index in [0.717, 1.165) is 0 Å². The molecule has 0 aliphatic heterocycles. The predicted octanol–water partition coefficient (Wildman–Crippen LogP) is 5.73. The minimum absolute atomic E-state index is 0.0514. The first-order valence-electron chi connectivity index (χ1n) is 8.16. The second kappa shape index (κ2) is 9.44. The number of nitrogens with zero attached hydrogens (tertiary/aromatic N) is 1. The SMILES string of the molecule is COc1cc(I)cc(/C=N\NC(F)(F)C(F)(F)C(F)(F)F)c1OCc1ccc(F)cc1. The van der Waals surface area contributed by atoms with E-state index in [1.165, 1.54) is 43.5 Å². The first-order valence-corrected chi connectivity index (χ1v) is 9.23. The van der Waals surface area contributed by atoms with Crippen molar-refractivity contribution in [3.63, 3.8) is 0 Å². The Morgan fingerprint density at radius 3 is 2.19 bits per heavy atom. The highest BCUT2D eigenvalue weighted by Crippen LogP contribution is 2.45. The lowest BCUT2D eigenvalue weighted by molar-refractivity contribution is -0.361. The molecule has 4 nitrogen and oxygen atoms in total. The first-order chi connectivity index (χ1) is 14.3. The molecule has 0 aliphatic rings. The molecule has 31 heavy (non-hydrogen) atoms. The van der Waals surface area contributed by atoms with Gasteiger partial charge in [-0.2, -0.15) is 35.8 Å². The van der Waals surface area contributed by atoms with Gasteiger partial charge in [-0.1, -0.05) is 12.1 Å². The van der Waals surface area contributed by atoms with Crippen molar-refractivity contribution in [2.45, 2.75) is 24.8 Å². The van der Waals surface area contributed by atoms with Gasteiger partial charge >= 0.3 is 18.1 Å². The van der Waals surface area contributed by atoms with Gasteiger partial charge in [0.25, 0.3) is 0 Å². The van der Waals surface area contributed by atoms with Gasteiger partial charge in [0.15, 0.2) is 11.5 Å². The molecule has 0 saturated carbocycles. The number of alkyl halides is 7. The molecule has 0 atom stereocenters. The van der Waals surface area contributed by atoms with Crippen molar-refractivity contribution in [3.05, 3.63) is 56.9 Å². The van der Waals surface area contributed by atoms with Crippen molar-refractivity contribution >= 4 is 28.8 Å². The van der Waals surface area contributed by atoms with Crippen LogP contribution in [0.1, 0.15) is 11.1 Å². The van der Waals surface area contributed by atoms with Gasteiger partial charge in [0, 0.05) is 9.13 Å². The summed E-state index contributed by atoms with van der Waals surface area (Å²) in [5.41, 5.74) is 1.02. The molecule has 0 radical (unpaired) electrons. The molecule has 1 N–H and O–H groups in total. The second-order valence-corrected chi connectivity index (χ2v) is 7.20. The maximum absolute atomic E-state index is 13.3. The normalized spacial score (nSPS) is 12.8. The summed E-state index contributed by atoms with van der Waals surface area (Å²) in [4.78, 5) is 0. The van der Waals surface area contributed by atoms with E-state index in [1.807, 2.05) is 22.6 Å². The molecule has 0 unspecified atom stereocenters. The summed E-state index contributed by atoms with van der Waals surface area (Å²) in [7, 11) is 1.27. The lowest BCUT2D eigenvalue weighted by atomic mass is 10.2. The molecule has 0 aromatic heterocycles. The highest BCUT2D eigenvalue weighted by molar-refractivity contribution is 14.1. The fourth-order valence-corrected chi connectivity index (χ4v) is 2.78. The Balaban J connectivity index is 2.28. The topological polar surface area (TPSA) is 42.8 Å². The standard InChI is InChI=1S/C18H13F8IN2O2/c1-30-14-7-13(27)6-11(15(14)31-9-10-2-4-12(19)5-3-10)8-28-29-18(25,26)16(20,21)17(22,23)24/h2-8,29H,9H2,1H3/b28-8-. The molecule has 0 spiro atoms. The number of halogens is 9. The van der Waals surface area contributed by atoms with Gasteiger partial charge in [0.1, 0.15) is 12.4 Å². The molecule has 0 heterocycles. The summed E-state index contributed by atoms with van der Waals surface area (Å²) in [6, 6.07) is 2.33. The van der Waals surface area contributed by atoms with Crippen molar-refractivity contribution in [2.24, 2.45) is 5.10 Å². The van der Waals surface area contributed by atoms with E-state index in [2.05, 4.69) is 5.10 Å². The Labute approximate surface area is 184 Å². The largest absolute Gasteiger partial charge is 0.493 e. The summed E-state index contributed by atoms with van der Waals surface area (Å²) >= 11 is 1.83. The number of hydrazone groups is 1. The molecule has 170 valence electrons. The van der Waals surface area contributed by atoms with E-state index in [9.17, 15) is 35.1 Å². The van der Waals surface area contributed by atoms with Crippen LogP contribution in [-0.2, 0) is 6.61 Å². The molecule has 2 aromatic rings. The molecule has 0 bridgehead atoms. The average Bonchev–Trinajstić information content (AvgIpc) is 2.66. The van der Waals surface area contributed by atoms with Crippen LogP contribution in [-0.4, -0.2) is 31.5 Å². The third kappa shape index (κ3) is 5.89. The molecule has 0 amide bonds. The number of hydrogen-bond donors (Lipinski definition) is 1. The molecule has 0 fully saturated rings. The van der Waals surface area contributed by atoms with E-state index in [4.69, 9.17) is 9.47 Å². The van der Waals surface area contributed by atoms with Crippen LogP contribution in [0.25, 0.3) is 0 Å². The second-order valence-electron chi connectivity index (χ2n) is 5.96. The zero-order valence-corrected chi connectivity index (χ0v) is 17.6. The lowest BCUT2D eigenvalue weighted by Crippen LogP contribution is -2.58. The van der Waals surface area contributed by atoms with Gasteiger partial charge in [-0.3, -0.25) is 0 Å². The highest BCUT2D eigenvalue weighted by atomic mass is 127. The zero-order chi connectivity index (χ0) is 23.4. The Kier molecular flexibility index (Phi) is 7.60. The number of rotatable bonds is 8. The van der Waals surface area contributed by atoms with Crippen LogP contribution in [0.2, 0.25) is 0 Å². The van der Waals surface area contributed by atoms with Crippen LogP contribution in [0.15, 0.2) is 41.5 Å². The number of benzene rings is 2. The third-order valence-corrected chi connectivity index (χ3v) is 4.35. The predicted molar refractivity (Wildman–Crippen MR) is 103 cm³/mol. The fourth-order valence-electron chi connectivity index (χ4n) is 2.16. The molecule has 2 rings (SSSR count). The molecule has 2 aromatic carbocycles. The van der Waals surface area contributed by atoms with Gasteiger partial charge in [-0.05, 0) is 52.4 Å². The van der Waals surface area contributed by atoms with Crippen molar-refractivity contribution in [1.29, 1.82) is 0 Å². The van der Waals surface area contributed by atoms with Crippen molar-refractivity contribution < 1.29 is 44.6 Å². The Morgan fingerprint density at radius 1 is 1.03 bits per heavy atom. The van der Waals surface area contributed by atoms with Crippen LogP contribution >= 0.6 is 22.6 Å². The van der Waals surface area contributed by atoms with Gasteiger partial charge in [-0.25, -0.2) is 9.82 Å². The van der Waals surface area contributed by atoms with Crippen LogP contribution in [0.3, 0.4) is 0 Å². The quantitative estimate of drug-likeness (QED) is 0.146. The first kappa shape index (κ1) is 24.9. The number of nitrogens with one attached hydrogen (secondary N) is 1. The Hall–Kier alpha value is -2.32. The third-order valence-electron chi connectivity index (χ3n) is 3.72. The summed E-state index contributed by atoms with van der Waals surface area (Å²) < 4.78 is 113. The molecule has 0 aliphatic carbocycles. The zero-order valence-electron chi connectivity index (χ0n) is 15.4. The maximum atomic E-state index is 13.3. The van der Waals surface area contributed by atoms with Gasteiger partial charge in [0.2, 0.25) is 0 Å². The maximum Gasteiger partial charge on any atom is 0.462 e. The summed E-state index contributed by atoms with van der Waals surface area (Å²) in [5.74, 6) is -6.78. The monoisotopic (exact) mass is 568 g/mol. The van der Waals surface area contributed by atoms with E-state index in [0.29, 0.717) is 20.8 Å². The Morgan fingerprint density at radius 2 is 1.65 bits per heavy atom. The van der Waals surface area contributed by atoms with E-state index >= 15 is 0 Å². The minimum atomic E-state index is -6.49. The van der Waals surface area contributed by atoms with Crippen molar-refractivity contribution in [2.75, 3.05) is 7.11 Å². The van der Waals surface area contributed by atoms with E-state index < -0.39 is 24.0 Å². The van der Waals surface area contributed by atoms with Crippen molar-refractivity contribution in [1.82, 2.24) is 5.43 Å². The van der Waals surface area contributed by atoms with Crippen LogP contribution in [0.5, 0.6) is 11.5 Å². The average molecular weight is 568 g/mol. The molecular formula is C18H13F8IN2O2. The van der Waals surface area contributed by atoms with E-state index in [1.54, 1.807) is 0 Å². The molecule has 0 saturated heterocycles. The Bertz CT molecular complexity index is 933. The smallest absolute Gasteiger partial charge is 0.462 e. The van der Waals surface area contributed by atoms with E-state index in [-0.39, 0.29) is 23.7 Å². The van der Waals surface area contributed by atoms with Gasteiger partial charge in [-0.15, -0.1) is 0 Å². The summed E-state index contributed by atoms with van der Waals surface area (Å²) in [5, 5.41) is 2.84. The number of ether oxygens (including phenoxy) is 2. The summed E-state index contributed by atoms with van der Waals surface area (Å²) in [6.07, 6.45) is -5.90. The van der Waals surface area contributed by atoms with Crippen LogP contribution in [0, 0.1) is 9.39 Å². The summed E-state index contributed by atoms with van der Waals surface area (Å²) in [6.45, 7) is -0.117.